The van der Waals surface area contributed by atoms with Gasteiger partial charge in [-0.3, -0.25) is 0 Å². The molecule has 28 heavy (non-hydrogen) atoms. The molecule has 1 fully saturated rings. The first-order valence-electron chi connectivity index (χ1n) is 10.4. The Balaban J connectivity index is 1.22. The highest BCUT2D eigenvalue weighted by Gasteiger charge is 2.44. The number of rotatable bonds is 3. The number of anilines is 2. The summed E-state index contributed by atoms with van der Waals surface area (Å²) in [5, 5.41) is 8.66. The molecule has 1 saturated heterocycles. The molecule has 3 aliphatic rings. The number of fused-ring (bicyclic) bond motifs is 4. The first-order chi connectivity index (χ1) is 13.8. The second-order valence-electron chi connectivity index (χ2n) is 8.39. The molecule has 6 rings (SSSR count). The van der Waals surface area contributed by atoms with Gasteiger partial charge >= 0.3 is 0 Å². The SMILES string of the molecule is CN1CCN2c3c(cccc31)[C@@H]1CN(CCn3nnc4ccccc43)CC[C@@H]12. The highest BCUT2D eigenvalue weighted by molar-refractivity contribution is 5.80. The first-order valence-corrected chi connectivity index (χ1v) is 10.4. The lowest BCUT2D eigenvalue weighted by atomic mass is 9.89. The van der Waals surface area contributed by atoms with Crippen LogP contribution in [0, 0.1) is 0 Å². The van der Waals surface area contributed by atoms with Crippen LogP contribution in [0.5, 0.6) is 0 Å². The van der Waals surface area contributed by atoms with Crippen molar-refractivity contribution >= 4 is 22.4 Å². The smallest absolute Gasteiger partial charge is 0.113 e. The van der Waals surface area contributed by atoms with E-state index in [0.29, 0.717) is 12.0 Å². The Morgan fingerprint density at radius 1 is 1.00 bits per heavy atom. The lowest BCUT2D eigenvalue weighted by Crippen LogP contribution is -2.49. The number of para-hydroxylation sites is 2. The maximum Gasteiger partial charge on any atom is 0.113 e. The van der Waals surface area contributed by atoms with Crippen molar-refractivity contribution in [2.24, 2.45) is 0 Å². The predicted octanol–water partition coefficient (Wildman–Crippen LogP) is 2.56. The fourth-order valence-electron chi connectivity index (χ4n) is 5.50. The monoisotopic (exact) mass is 374 g/mol. The van der Waals surface area contributed by atoms with E-state index < -0.39 is 0 Å². The molecule has 144 valence electrons. The van der Waals surface area contributed by atoms with Crippen molar-refractivity contribution in [3.05, 3.63) is 48.0 Å². The number of hydrogen-bond donors (Lipinski definition) is 0. The average molecular weight is 374 g/mol. The van der Waals surface area contributed by atoms with Crippen molar-refractivity contribution in [1.29, 1.82) is 0 Å². The summed E-state index contributed by atoms with van der Waals surface area (Å²) in [5.41, 5.74) is 6.60. The summed E-state index contributed by atoms with van der Waals surface area (Å²) in [4.78, 5) is 7.75. The Morgan fingerprint density at radius 3 is 2.89 bits per heavy atom. The van der Waals surface area contributed by atoms with E-state index in [1.807, 2.05) is 12.1 Å². The number of piperidine rings is 1. The van der Waals surface area contributed by atoms with Crippen LogP contribution >= 0.6 is 0 Å². The maximum atomic E-state index is 4.36. The molecule has 4 heterocycles. The van der Waals surface area contributed by atoms with Gasteiger partial charge in [-0.25, -0.2) is 4.68 Å². The Hall–Kier alpha value is -2.60. The van der Waals surface area contributed by atoms with Gasteiger partial charge in [-0.05, 0) is 30.2 Å². The summed E-state index contributed by atoms with van der Waals surface area (Å²) < 4.78 is 2.05. The average Bonchev–Trinajstić information content (AvgIpc) is 3.29. The second-order valence-corrected chi connectivity index (χ2v) is 8.39. The van der Waals surface area contributed by atoms with E-state index in [9.17, 15) is 0 Å². The molecule has 0 unspecified atom stereocenters. The summed E-state index contributed by atoms with van der Waals surface area (Å²) >= 11 is 0. The van der Waals surface area contributed by atoms with Crippen LogP contribution in [-0.2, 0) is 6.54 Å². The molecule has 0 saturated carbocycles. The second kappa shape index (κ2) is 6.21. The van der Waals surface area contributed by atoms with Crippen molar-refractivity contribution in [1.82, 2.24) is 19.9 Å². The molecule has 0 amide bonds. The lowest BCUT2D eigenvalue weighted by molar-refractivity contribution is 0.185. The van der Waals surface area contributed by atoms with Gasteiger partial charge in [0.05, 0.1) is 23.4 Å². The van der Waals surface area contributed by atoms with Crippen molar-refractivity contribution in [3.8, 4) is 0 Å². The highest BCUT2D eigenvalue weighted by atomic mass is 15.4. The predicted molar refractivity (Wildman–Crippen MR) is 112 cm³/mol. The molecule has 0 N–H and O–H groups in total. The van der Waals surface area contributed by atoms with Gasteiger partial charge in [0, 0.05) is 51.7 Å². The molecule has 0 spiro atoms. The van der Waals surface area contributed by atoms with Gasteiger partial charge in [0.15, 0.2) is 0 Å². The number of likely N-dealkylation sites (tertiary alicyclic amines) is 1. The fourth-order valence-corrected chi connectivity index (χ4v) is 5.50. The van der Waals surface area contributed by atoms with E-state index >= 15 is 0 Å². The molecule has 2 aromatic carbocycles. The van der Waals surface area contributed by atoms with Crippen LogP contribution in [0.25, 0.3) is 11.0 Å². The molecule has 3 aromatic rings. The van der Waals surface area contributed by atoms with Crippen LogP contribution in [0.2, 0.25) is 0 Å². The van der Waals surface area contributed by atoms with Crippen LogP contribution in [0.1, 0.15) is 17.9 Å². The van der Waals surface area contributed by atoms with E-state index in [1.54, 1.807) is 5.56 Å². The zero-order valence-electron chi connectivity index (χ0n) is 16.3. The molecule has 3 aliphatic heterocycles. The number of hydrogen-bond acceptors (Lipinski definition) is 5. The Kier molecular flexibility index (Phi) is 3.63. The molecule has 0 bridgehead atoms. The molecular formula is C22H26N6. The van der Waals surface area contributed by atoms with Crippen LogP contribution in [0.4, 0.5) is 11.4 Å². The minimum atomic E-state index is 0.627. The normalized spacial score (nSPS) is 23.9. The summed E-state index contributed by atoms with van der Waals surface area (Å²) in [6.45, 7) is 6.54. The topological polar surface area (TPSA) is 40.4 Å². The van der Waals surface area contributed by atoms with Crippen molar-refractivity contribution in [3.63, 3.8) is 0 Å². The van der Waals surface area contributed by atoms with Gasteiger partial charge < -0.3 is 14.7 Å². The minimum Gasteiger partial charge on any atom is -0.371 e. The third kappa shape index (κ3) is 2.37. The number of aromatic nitrogens is 3. The van der Waals surface area contributed by atoms with Crippen molar-refractivity contribution in [2.45, 2.75) is 24.9 Å². The Labute approximate surface area is 165 Å². The zero-order valence-corrected chi connectivity index (χ0v) is 16.3. The van der Waals surface area contributed by atoms with Gasteiger partial charge in [-0.15, -0.1) is 5.10 Å². The molecule has 2 atom stereocenters. The molecule has 1 aromatic heterocycles. The van der Waals surface area contributed by atoms with E-state index in [1.165, 1.54) is 24.3 Å². The zero-order chi connectivity index (χ0) is 18.7. The van der Waals surface area contributed by atoms with Gasteiger partial charge in [0.1, 0.15) is 5.52 Å². The standard InChI is InChI=1S/C22H26N6/c1-25-11-13-27-19-9-10-26(15-17(19)16-5-4-8-21(25)22(16)27)12-14-28-20-7-3-2-6-18(20)23-24-28/h2-8,17,19H,9-15H2,1H3/t17-,19-/m0/s1. The van der Waals surface area contributed by atoms with Crippen LogP contribution < -0.4 is 9.80 Å². The number of benzene rings is 2. The van der Waals surface area contributed by atoms with E-state index in [4.69, 9.17) is 0 Å². The van der Waals surface area contributed by atoms with Crippen molar-refractivity contribution in [2.75, 3.05) is 49.6 Å². The largest absolute Gasteiger partial charge is 0.371 e. The summed E-state index contributed by atoms with van der Waals surface area (Å²) in [6.07, 6.45) is 1.25. The quantitative estimate of drug-likeness (QED) is 0.705. The first kappa shape index (κ1) is 16.4. The molecule has 6 heteroatoms. The lowest BCUT2D eigenvalue weighted by Gasteiger charge is -2.41. The van der Waals surface area contributed by atoms with Crippen LogP contribution in [-0.4, -0.2) is 65.7 Å². The summed E-state index contributed by atoms with van der Waals surface area (Å²) in [7, 11) is 2.23. The molecule has 6 nitrogen and oxygen atoms in total. The maximum absolute atomic E-state index is 4.36. The molecule has 0 aliphatic carbocycles. The van der Waals surface area contributed by atoms with Gasteiger partial charge in [-0.1, -0.05) is 29.5 Å². The number of nitrogens with zero attached hydrogens (tertiary/aromatic N) is 6. The Bertz CT molecular complexity index is 1030. The summed E-state index contributed by atoms with van der Waals surface area (Å²) in [5.74, 6) is 0.627. The highest BCUT2D eigenvalue weighted by Crippen LogP contribution is 2.50. The summed E-state index contributed by atoms with van der Waals surface area (Å²) in [6, 6.07) is 15.8. The van der Waals surface area contributed by atoms with E-state index in [-0.39, 0.29) is 0 Å². The van der Waals surface area contributed by atoms with Gasteiger partial charge in [0.2, 0.25) is 0 Å². The van der Waals surface area contributed by atoms with Crippen LogP contribution in [0.3, 0.4) is 0 Å². The third-order valence-electron chi connectivity index (χ3n) is 6.93. The van der Waals surface area contributed by atoms with E-state index in [2.05, 4.69) is 67.1 Å². The van der Waals surface area contributed by atoms with Gasteiger partial charge in [0.25, 0.3) is 0 Å². The van der Waals surface area contributed by atoms with Gasteiger partial charge in [-0.2, -0.15) is 0 Å². The Morgan fingerprint density at radius 2 is 1.93 bits per heavy atom. The minimum absolute atomic E-state index is 0.627. The fraction of sp³-hybridized carbons (Fsp3) is 0.455. The molecular weight excluding hydrogens is 348 g/mol. The van der Waals surface area contributed by atoms with Crippen LogP contribution in [0.15, 0.2) is 42.5 Å². The number of likely N-dealkylation sites (N-methyl/N-ethyl adjacent to an activating group) is 1. The van der Waals surface area contributed by atoms with Crippen molar-refractivity contribution < 1.29 is 0 Å². The molecule has 0 radical (unpaired) electrons. The van der Waals surface area contributed by atoms with E-state index in [0.717, 1.165) is 43.8 Å². The third-order valence-corrected chi connectivity index (χ3v) is 6.93.